The third-order valence-corrected chi connectivity index (χ3v) is 3.94. The molecular formula is C12H17F3N2. The molecule has 96 valence electrons. The standard InChI is InChI=1S/C12H17F3N2/c13-12(14,15)10-2-1-7-17(8-10)9-11(3-4-11)5-6-16/h10H,1-5,7-9H2. The first-order chi connectivity index (χ1) is 7.95. The number of piperidine rings is 1. The smallest absolute Gasteiger partial charge is 0.302 e. The largest absolute Gasteiger partial charge is 0.393 e. The van der Waals surface area contributed by atoms with Crippen LogP contribution in [0, 0.1) is 22.7 Å². The molecule has 1 aliphatic heterocycles. The Morgan fingerprint density at radius 2 is 2.06 bits per heavy atom. The average Bonchev–Trinajstić information content (AvgIpc) is 2.97. The summed E-state index contributed by atoms with van der Waals surface area (Å²) in [5.74, 6) is -1.17. The van der Waals surface area contributed by atoms with Crippen LogP contribution < -0.4 is 0 Å². The molecule has 0 amide bonds. The van der Waals surface area contributed by atoms with Gasteiger partial charge in [-0.15, -0.1) is 0 Å². The van der Waals surface area contributed by atoms with Gasteiger partial charge < -0.3 is 4.90 Å². The van der Waals surface area contributed by atoms with E-state index in [4.69, 9.17) is 5.26 Å². The molecule has 17 heavy (non-hydrogen) atoms. The third kappa shape index (κ3) is 3.12. The number of hydrogen-bond donors (Lipinski definition) is 0. The molecule has 1 saturated heterocycles. The molecular weight excluding hydrogens is 229 g/mol. The van der Waals surface area contributed by atoms with Crippen LogP contribution >= 0.6 is 0 Å². The monoisotopic (exact) mass is 246 g/mol. The van der Waals surface area contributed by atoms with Crippen molar-refractivity contribution in [1.82, 2.24) is 4.90 Å². The zero-order chi connectivity index (χ0) is 12.5. The second kappa shape index (κ2) is 4.49. The second-order valence-corrected chi connectivity index (χ2v) is 5.45. The van der Waals surface area contributed by atoms with E-state index in [0.29, 0.717) is 19.4 Å². The van der Waals surface area contributed by atoms with E-state index in [2.05, 4.69) is 6.07 Å². The van der Waals surface area contributed by atoms with Crippen molar-refractivity contribution in [2.75, 3.05) is 19.6 Å². The van der Waals surface area contributed by atoms with Gasteiger partial charge in [-0.1, -0.05) is 0 Å². The number of hydrogen-bond acceptors (Lipinski definition) is 2. The Morgan fingerprint density at radius 1 is 1.35 bits per heavy atom. The van der Waals surface area contributed by atoms with E-state index in [0.717, 1.165) is 19.4 Å². The summed E-state index contributed by atoms with van der Waals surface area (Å²) >= 11 is 0. The highest BCUT2D eigenvalue weighted by Crippen LogP contribution is 2.49. The maximum absolute atomic E-state index is 12.6. The molecule has 0 N–H and O–H groups in total. The number of likely N-dealkylation sites (tertiary alicyclic amines) is 1. The third-order valence-electron chi connectivity index (χ3n) is 3.94. The van der Waals surface area contributed by atoms with Crippen LogP contribution in [0.15, 0.2) is 0 Å². The normalized spacial score (nSPS) is 28.7. The maximum Gasteiger partial charge on any atom is 0.393 e. The summed E-state index contributed by atoms with van der Waals surface area (Å²) in [4.78, 5) is 1.91. The van der Waals surface area contributed by atoms with Crippen molar-refractivity contribution < 1.29 is 13.2 Å². The predicted octanol–water partition coefficient (Wildman–Crippen LogP) is 2.95. The highest BCUT2D eigenvalue weighted by molar-refractivity contribution is 5.01. The first kappa shape index (κ1) is 12.7. The number of halogens is 3. The first-order valence-corrected chi connectivity index (χ1v) is 6.11. The van der Waals surface area contributed by atoms with Crippen LogP contribution in [-0.2, 0) is 0 Å². The fraction of sp³-hybridized carbons (Fsp3) is 0.917. The topological polar surface area (TPSA) is 27.0 Å². The molecule has 2 nitrogen and oxygen atoms in total. The van der Waals surface area contributed by atoms with Crippen molar-refractivity contribution in [1.29, 1.82) is 5.26 Å². The molecule has 2 rings (SSSR count). The Balaban J connectivity index is 1.88. The Labute approximate surface area is 99.4 Å². The maximum atomic E-state index is 12.6. The van der Waals surface area contributed by atoms with Gasteiger partial charge in [0.25, 0.3) is 0 Å². The van der Waals surface area contributed by atoms with E-state index in [9.17, 15) is 13.2 Å². The van der Waals surface area contributed by atoms with Crippen LogP contribution in [-0.4, -0.2) is 30.7 Å². The Kier molecular flexibility index (Phi) is 3.35. The molecule has 1 atom stereocenters. The van der Waals surface area contributed by atoms with Gasteiger partial charge in [0.1, 0.15) is 0 Å². The number of nitrogens with zero attached hydrogens (tertiary/aromatic N) is 2. The summed E-state index contributed by atoms with van der Waals surface area (Å²) in [5.41, 5.74) is 0.0161. The van der Waals surface area contributed by atoms with Crippen molar-refractivity contribution >= 4 is 0 Å². The van der Waals surface area contributed by atoms with Gasteiger partial charge in [-0.05, 0) is 37.6 Å². The number of nitriles is 1. The highest BCUT2D eigenvalue weighted by Gasteiger charge is 2.47. The summed E-state index contributed by atoms with van der Waals surface area (Å²) in [6, 6.07) is 2.15. The molecule has 0 spiro atoms. The van der Waals surface area contributed by atoms with E-state index in [-0.39, 0.29) is 18.4 Å². The first-order valence-electron chi connectivity index (χ1n) is 6.11. The van der Waals surface area contributed by atoms with Crippen LogP contribution in [0.2, 0.25) is 0 Å². The quantitative estimate of drug-likeness (QED) is 0.765. The number of alkyl halides is 3. The minimum Gasteiger partial charge on any atom is -0.302 e. The zero-order valence-electron chi connectivity index (χ0n) is 9.76. The molecule has 0 aromatic heterocycles. The molecule has 0 aromatic rings. The summed E-state index contributed by atoms with van der Waals surface area (Å²) < 4.78 is 37.9. The lowest BCUT2D eigenvalue weighted by molar-refractivity contribution is -0.187. The van der Waals surface area contributed by atoms with Crippen molar-refractivity contribution in [3.05, 3.63) is 0 Å². The Hall–Kier alpha value is -0.760. The van der Waals surface area contributed by atoms with E-state index in [1.54, 1.807) is 0 Å². The lowest BCUT2D eigenvalue weighted by atomic mass is 9.95. The summed E-state index contributed by atoms with van der Waals surface area (Å²) in [6.07, 6.45) is -0.718. The van der Waals surface area contributed by atoms with E-state index >= 15 is 0 Å². The van der Waals surface area contributed by atoms with Crippen LogP contribution in [0.25, 0.3) is 0 Å². The van der Waals surface area contributed by atoms with Crippen LogP contribution in [0.5, 0.6) is 0 Å². The van der Waals surface area contributed by atoms with Crippen LogP contribution in [0.3, 0.4) is 0 Å². The van der Waals surface area contributed by atoms with Gasteiger partial charge >= 0.3 is 6.18 Å². The van der Waals surface area contributed by atoms with Crippen molar-refractivity contribution in [2.24, 2.45) is 11.3 Å². The number of rotatable bonds is 3. The van der Waals surface area contributed by atoms with E-state index < -0.39 is 12.1 Å². The molecule has 0 bridgehead atoms. The predicted molar refractivity (Wildman–Crippen MR) is 57.1 cm³/mol. The molecule has 1 unspecified atom stereocenters. The summed E-state index contributed by atoms with van der Waals surface area (Å²) in [7, 11) is 0. The highest BCUT2D eigenvalue weighted by atomic mass is 19.4. The van der Waals surface area contributed by atoms with Crippen molar-refractivity contribution in [3.8, 4) is 6.07 Å². The van der Waals surface area contributed by atoms with Gasteiger partial charge in [-0.25, -0.2) is 0 Å². The fourth-order valence-corrected chi connectivity index (χ4v) is 2.68. The Morgan fingerprint density at radius 3 is 2.59 bits per heavy atom. The molecule has 0 radical (unpaired) electrons. The van der Waals surface area contributed by atoms with Gasteiger partial charge in [-0.3, -0.25) is 0 Å². The molecule has 0 aromatic carbocycles. The lowest BCUT2D eigenvalue weighted by Gasteiger charge is -2.35. The van der Waals surface area contributed by atoms with Gasteiger partial charge in [0, 0.05) is 19.5 Å². The molecule has 1 heterocycles. The fourth-order valence-electron chi connectivity index (χ4n) is 2.68. The van der Waals surface area contributed by atoms with Gasteiger partial charge in [0.2, 0.25) is 0 Å². The average molecular weight is 246 g/mol. The van der Waals surface area contributed by atoms with E-state index in [1.165, 1.54) is 0 Å². The van der Waals surface area contributed by atoms with Crippen molar-refractivity contribution in [2.45, 2.75) is 38.3 Å². The van der Waals surface area contributed by atoms with Crippen LogP contribution in [0.1, 0.15) is 32.1 Å². The molecule has 1 saturated carbocycles. The minimum atomic E-state index is -4.06. The minimum absolute atomic E-state index is 0.0161. The molecule has 5 heteroatoms. The second-order valence-electron chi connectivity index (χ2n) is 5.45. The Bertz CT molecular complexity index is 315. The molecule has 2 aliphatic rings. The molecule has 2 fully saturated rings. The summed E-state index contributed by atoms with van der Waals surface area (Å²) in [6.45, 7) is 1.55. The summed E-state index contributed by atoms with van der Waals surface area (Å²) in [5, 5.41) is 8.70. The lowest BCUT2D eigenvalue weighted by Crippen LogP contribution is -2.43. The van der Waals surface area contributed by atoms with Gasteiger partial charge in [0.15, 0.2) is 0 Å². The molecule has 1 aliphatic carbocycles. The van der Waals surface area contributed by atoms with Crippen molar-refractivity contribution in [3.63, 3.8) is 0 Å². The van der Waals surface area contributed by atoms with Gasteiger partial charge in [0.05, 0.1) is 12.0 Å². The zero-order valence-corrected chi connectivity index (χ0v) is 9.76. The van der Waals surface area contributed by atoms with E-state index in [1.807, 2.05) is 4.90 Å². The SMILES string of the molecule is N#CCC1(CN2CCCC(C(F)(F)F)C2)CC1. The van der Waals surface area contributed by atoms with Crippen LogP contribution in [0.4, 0.5) is 13.2 Å². The van der Waals surface area contributed by atoms with Gasteiger partial charge in [-0.2, -0.15) is 18.4 Å².